The van der Waals surface area contributed by atoms with E-state index < -0.39 is 5.54 Å². The molecule has 0 unspecified atom stereocenters. The van der Waals surface area contributed by atoms with Crippen molar-refractivity contribution in [1.82, 2.24) is 4.90 Å². The lowest BCUT2D eigenvalue weighted by Gasteiger charge is -2.57. The predicted octanol–water partition coefficient (Wildman–Crippen LogP) is 3.35. The van der Waals surface area contributed by atoms with E-state index >= 15 is 0 Å². The number of amides is 1. The first kappa shape index (κ1) is 13.9. The molecule has 4 aliphatic carbocycles. The molecule has 3 heteroatoms. The Bertz CT molecular complexity index is 425. The summed E-state index contributed by atoms with van der Waals surface area (Å²) in [5.41, 5.74) is -0.426. The number of carbonyl (C=O) groups excluding carboxylic acids is 1. The average Bonchev–Trinajstić information content (AvgIpc) is 2.35. The summed E-state index contributed by atoms with van der Waals surface area (Å²) < 4.78 is 0. The van der Waals surface area contributed by atoms with Crippen LogP contribution in [0.4, 0.5) is 0 Å². The van der Waals surface area contributed by atoms with Crippen LogP contribution in [0.25, 0.3) is 0 Å². The molecule has 0 aliphatic heterocycles. The third-order valence-electron chi connectivity index (χ3n) is 6.18. The fourth-order valence-electron chi connectivity index (χ4n) is 5.33. The molecule has 4 rings (SSSR count). The first-order valence-corrected chi connectivity index (χ1v) is 8.01. The van der Waals surface area contributed by atoms with Gasteiger partial charge in [-0.05, 0) is 75.5 Å². The summed E-state index contributed by atoms with van der Waals surface area (Å²) in [6.45, 7) is 3.65. The fraction of sp³-hybridized carbons (Fsp3) is 0.882. The van der Waals surface area contributed by atoms with Crippen LogP contribution in [0.15, 0.2) is 0 Å². The van der Waals surface area contributed by atoms with E-state index in [0.717, 1.165) is 17.8 Å². The number of nitrogens with zero attached hydrogens (tertiary/aromatic N) is 2. The Morgan fingerprint density at radius 3 is 2.05 bits per heavy atom. The number of hydrogen-bond donors (Lipinski definition) is 0. The molecular formula is C17H26N2O. The van der Waals surface area contributed by atoms with Crippen LogP contribution in [0, 0.1) is 34.5 Å². The molecule has 0 saturated heterocycles. The van der Waals surface area contributed by atoms with Gasteiger partial charge in [0, 0.05) is 13.5 Å². The lowest BCUT2D eigenvalue weighted by molar-refractivity contribution is -0.141. The normalized spacial score (nSPS) is 38.6. The maximum absolute atomic E-state index is 12.6. The lowest BCUT2D eigenvalue weighted by Crippen LogP contribution is -2.50. The Morgan fingerprint density at radius 1 is 1.20 bits per heavy atom. The molecule has 0 aromatic carbocycles. The Hall–Kier alpha value is -1.04. The van der Waals surface area contributed by atoms with Gasteiger partial charge in [0.25, 0.3) is 0 Å². The molecular weight excluding hydrogens is 248 g/mol. The summed E-state index contributed by atoms with van der Waals surface area (Å²) in [5.74, 6) is 2.80. The second kappa shape index (κ2) is 4.48. The Morgan fingerprint density at radius 2 is 1.65 bits per heavy atom. The largest absolute Gasteiger partial charge is 0.328 e. The van der Waals surface area contributed by atoms with E-state index in [1.807, 2.05) is 13.8 Å². The second-order valence-corrected chi connectivity index (χ2v) is 8.22. The highest BCUT2D eigenvalue weighted by Gasteiger charge is 2.52. The van der Waals surface area contributed by atoms with Crippen LogP contribution in [0.1, 0.15) is 58.8 Å². The Labute approximate surface area is 122 Å². The van der Waals surface area contributed by atoms with Crippen LogP contribution in [0.5, 0.6) is 0 Å². The van der Waals surface area contributed by atoms with Gasteiger partial charge < -0.3 is 4.90 Å². The topological polar surface area (TPSA) is 44.1 Å². The lowest BCUT2D eigenvalue weighted by atomic mass is 9.49. The van der Waals surface area contributed by atoms with Gasteiger partial charge in [-0.1, -0.05) is 0 Å². The molecule has 1 amide bonds. The van der Waals surface area contributed by atoms with E-state index in [1.54, 1.807) is 11.9 Å². The van der Waals surface area contributed by atoms with Crippen molar-refractivity contribution in [3.8, 4) is 6.07 Å². The third-order valence-corrected chi connectivity index (χ3v) is 6.18. The Balaban J connectivity index is 1.72. The number of hydrogen-bond acceptors (Lipinski definition) is 2. The van der Waals surface area contributed by atoms with Gasteiger partial charge in [0.2, 0.25) is 5.91 Å². The molecule has 4 aliphatic rings. The maximum Gasteiger partial charge on any atom is 0.224 e. The first-order valence-electron chi connectivity index (χ1n) is 8.01. The third kappa shape index (κ3) is 2.24. The molecule has 0 aromatic rings. The van der Waals surface area contributed by atoms with Crippen molar-refractivity contribution < 1.29 is 4.79 Å². The predicted molar refractivity (Wildman–Crippen MR) is 77.7 cm³/mol. The minimum Gasteiger partial charge on any atom is -0.328 e. The highest BCUT2D eigenvalue weighted by Crippen LogP contribution is 2.61. The van der Waals surface area contributed by atoms with Crippen molar-refractivity contribution in [2.24, 2.45) is 23.2 Å². The number of rotatable bonds is 3. The van der Waals surface area contributed by atoms with E-state index in [4.69, 9.17) is 0 Å². The van der Waals surface area contributed by atoms with Crippen LogP contribution in [0.2, 0.25) is 0 Å². The first-order chi connectivity index (χ1) is 9.33. The second-order valence-electron chi connectivity index (χ2n) is 8.22. The highest BCUT2D eigenvalue weighted by atomic mass is 16.2. The van der Waals surface area contributed by atoms with Crippen LogP contribution >= 0.6 is 0 Å². The molecule has 0 N–H and O–H groups in total. The monoisotopic (exact) mass is 274 g/mol. The molecule has 0 spiro atoms. The summed E-state index contributed by atoms with van der Waals surface area (Å²) in [6, 6.07) is 2.24. The molecule has 110 valence electrons. The van der Waals surface area contributed by atoms with Gasteiger partial charge in [0.15, 0.2) is 0 Å². The van der Waals surface area contributed by atoms with Crippen LogP contribution in [0.3, 0.4) is 0 Å². The van der Waals surface area contributed by atoms with Gasteiger partial charge in [-0.2, -0.15) is 5.26 Å². The fourth-order valence-corrected chi connectivity index (χ4v) is 5.33. The van der Waals surface area contributed by atoms with Gasteiger partial charge in [-0.25, -0.2) is 0 Å². The number of carbonyl (C=O) groups is 1. The Kier molecular flexibility index (Phi) is 3.12. The van der Waals surface area contributed by atoms with Gasteiger partial charge in [0.1, 0.15) is 5.54 Å². The molecule has 0 radical (unpaired) electrons. The van der Waals surface area contributed by atoms with Crippen molar-refractivity contribution in [2.75, 3.05) is 7.05 Å². The van der Waals surface area contributed by atoms with Crippen molar-refractivity contribution in [2.45, 2.75) is 64.3 Å². The summed E-state index contributed by atoms with van der Waals surface area (Å²) in [5, 5.41) is 9.20. The minimum absolute atomic E-state index is 0.165. The molecule has 4 bridgehead atoms. The zero-order valence-corrected chi connectivity index (χ0v) is 13.0. The zero-order valence-electron chi connectivity index (χ0n) is 13.0. The molecule has 4 fully saturated rings. The van der Waals surface area contributed by atoms with Crippen molar-refractivity contribution in [3.05, 3.63) is 0 Å². The van der Waals surface area contributed by atoms with Crippen molar-refractivity contribution in [1.29, 1.82) is 5.26 Å². The number of nitriles is 1. The quantitative estimate of drug-likeness (QED) is 0.792. The van der Waals surface area contributed by atoms with E-state index in [9.17, 15) is 10.1 Å². The van der Waals surface area contributed by atoms with Crippen LogP contribution in [-0.2, 0) is 4.79 Å². The van der Waals surface area contributed by atoms with Gasteiger partial charge >= 0.3 is 0 Å². The molecule has 20 heavy (non-hydrogen) atoms. The molecule has 0 atom stereocenters. The van der Waals surface area contributed by atoms with E-state index in [0.29, 0.717) is 6.42 Å². The van der Waals surface area contributed by atoms with Crippen LogP contribution < -0.4 is 0 Å². The summed E-state index contributed by atoms with van der Waals surface area (Å²) in [7, 11) is 1.78. The maximum atomic E-state index is 12.6. The molecule has 0 heterocycles. The molecule has 4 saturated carbocycles. The minimum atomic E-state index is -0.695. The SMILES string of the molecule is CN(C(=O)CC12CC3CC(CC(C3)C1)C2)C(C)(C)C#N. The van der Waals surface area contributed by atoms with Gasteiger partial charge in [-0.15, -0.1) is 0 Å². The zero-order chi connectivity index (χ0) is 14.5. The average molecular weight is 274 g/mol. The highest BCUT2D eigenvalue weighted by molar-refractivity contribution is 5.78. The molecule has 3 nitrogen and oxygen atoms in total. The summed E-state index contributed by atoms with van der Waals surface area (Å²) in [4.78, 5) is 14.3. The standard InChI is InChI=1S/C17H26N2O/c1-16(2,11-18)19(3)15(20)10-17-7-12-4-13(8-17)6-14(5-12)9-17/h12-14H,4-10H2,1-3H3. The van der Waals surface area contributed by atoms with Crippen LogP contribution in [-0.4, -0.2) is 23.4 Å². The summed E-state index contributed by atoms with van der Waals surface area (Å²) >= 11 is 0. The van der Waals surface area contributed by atoms with E-state index in [-0.39, 0.29) is 11.3 Å². The van der Waals surface area contributed by atoms with E-state index in [2.05, 4.69) is 6.07 Å². The van der Waals surface area contributed by atoms with Crippen molar-refractivity contribution in [3.63, 3.8) is 0 Å². The van der Waals surface area contributed by atoms with Crippen molar-refractivity contribution >= 4 is 5.91 Å². The smallest absolute Gasteiger partial charge is 0.224 e. The summed E-state index contributed by atoms with van der Waals surface area (Å²) in [6.07, 6.45) is 8.66. The van der Waals surface area contributed by atoms with E-state index in [1.165, 1.54) is 38.5 Å². The van der Waals surface area contributed by atoms with Gasteiger partial charge in [0.05, 0.1) is 6.07 Å². The molecule has 0 aromatic heterocycles. The van der Waals surface area contributed by atoms with Gasteiger partial charge in [-0.3, -0.25) is 4.79 Å².